The highest BCUT2D eigenvalue weighted by molar-refractivity contribution is 7.89. The van der Waals surface area contributed by atoms with Crippen LogP contribution in [0.1, 0.15) is 57.1 Å². The number of hydrogen-bond donors (Lipinski definition) is 3. The van der Waals surface area contributed by atoms with Crippen molar-refractivity contribution in [2.75, 3.05) is 12.4 Å². The molecule has 3 N–H and O–H groups in total. The number of aromatic nitrogens is 2. The number of anilines is 1. The second-order valence-electron chi connectivity index (χ2n) is 10.5. The van der Waals surface area contributed by atoms with Gasteiger partial charge in [0, 0.05) is 23.2 Å². The minimum absolute atomic E-state index is 0.0152. The predicted octanol–water partition coefficient (Wildman–Crippen LogP) is 4.74. The summed E-state index contributed by atoms with van der Waals surface area (Å²) in [7, 11) is -2.63. The Bertz CT molecular complexity index is 1470. The minimum Gasteiger partial charge on any atom is -0.497 e. The molecular weight excluding hydrogens is 524 g/mol. The topological polar surface area (TPSA) is 149 Å². The lowest BCUT2D eigenvalue weighted by atomic mass is 10.1. The maximum absolute atomic E-state index is 13.5. The van der Waals surface area contributed by atoms with Crippen LogP contribution in [0.3, 0.4) is 0 Å². The molecule has 0 spiro atoms. The predicted molar refractivity (Wildman–Crippen MR) is 146 cm³/mol. The first kappa shape index (κ1) is 29.7. The summed E-state index contributed by atoms with van der Waals surface area (Å²) in [5, 5.41) is 16.6. The van der Waals surface area contributed by atoms with Crippen LogP contribution in [0.15, 0.2) is 47.4 Å². The Hall–Kier alpha value is -3.90. The Kier molecular flexibility index (Phi) is 8.71. The van der Waals surface area contributed by atoms with Crippen molar-refractivity contribution < 1.29 is 32.6 Å². The largest absolute Gasteiger partial charge is 0.497 e. The minimum atomic E-state index is -4.15. The van der Waals surface area contributed by atoms with Crippen LogP contribution in [-0.4, -0.2) is 47.8 Å². The van der Waals surface area contributed by atoms with Gasteiger partial charge in [-0.25, -0.2) is 17.9 Å². The number of nitrogens with one attached hydrogen (secondary N) is 2. The van der Waals surface area contributed by atoms with Crippen LogP contribution in [0.2, 0.25) is 0 Å². The number of amides is 1. The third kappa shape index (κ3) is 7.36. The Balaban J connectivity index is 2.16. The van der Waals surface area contributed by atoms with E-state index in [0.29, 0.717) is 11.4 Å². The van der Waals surface area contributed by atoms with E-state index in [-0.39, 0.29) is 51.7 Å². The lowest BCUT2D eigenvalue weighted by Crippen LogP contribution is -2.40. The Morgan fingerprint density at radius 2 is 1.74 bits per heavy atom. The standard InChI is InChI=1S/C27H34N4O7S/c1-16(2)14-23(32)28-18-8-13-21(22(15-18)39(35,36)30-27(4,5)6)38-25-17(3)24(26(33)34)29-31(25)19-9-11-20(37-7)12-10-19/h8-13,15-16,30H,14H2,1-7H3,(H,28,32)(H,33,34). The van der Waals surface area contributed by atoms with Gasteiger partial charge in [0.15, 0.2) is 5.69 Å². The van der Waals surface area contributed by atoms with Crippen LogP contribution in [0.25, 0.3) is 5.69 Å². The number of carbonyl (C=O) groups is 2. The normalized spacial score (nSPS) is 11.9. The van der Waals surface area contributed by atoms with Crippen LogP contribution < -0.4 is 19.5 Å². The van der Waals surface area contributed by atoms with Gasteiger partial charge in [0.05, 0.1) is 12.8 Å². The first-order valence-electron chi connectivity index (χ1n) is 12.2. The van der Waals surface area contributed by atoms with Gasteiger partial charge in [0.1, 0.15) is 16.4 Å². The van der Waals surface area contributed by atoms with Crippen molar-refractivity contribution in [3.8, 4) is 23.1 Å². The molecule has 3 aromatic rings. The summed E-state index contributed by atoms with van der Waals surface area (Å²) in [5.41, 5.74) is -0.134. The van der Waals surface area contributed by atoms with Crippen LogP contribution in [-0.2, 0) is 14.8 Å². The van der Waals surface area contributed by atoms with Crippen molar-refractivity contribution in [1.82, 2.24) is 14.5 Å². The van der Waals surface area contributed by atoms with E-state index in [9.17, 15) is 23.1 Å². The van der Waals surface area contributed by atoms with E-state index in [1.807, 2.05) is 13.8 Å². The molecule has 0 saturated heterocycles. The quantitative estimate of drug-likeness (QED) is 0.323. The number of ether oxygens (including phenoxy) is 2. The number of methoxy groups -OCH3 is 1. The third-order valence-corrected chi connectivity index (χ3v) is 7.12. The summed E-state index contributed by atoms with van der Waals surface area (Å²) in [6.07, 6.45) is 0.263. The molecule has 0 unspecified atom stereocenters. The number of aromatic carboxylic acids is 1. The van der Waals surface area contributed by atoms with Gasteiger partial charge in [0.25, 0.3) is 0 Å². The molecule has 11 nitrogen and oxygen atoms in total. The molecule has 1 heterocycles. The Labute approximate surface area is 228 Å². The van der Waals surface area contributed by atoms with Gasteiger partial charge in [-0.3, -0.25) is 4.79 Å². The van der Waals surface area contributed by atoms with Gasteiger partial charge in [-0.05, 0) is 76.1 Å². The second-order valence-corrected chi connectivity index (χ2v) is 12.1. The maximum Gasteiger partial charge on any atom is 0.356 e. The number of sulfonamides is 1. The molecule has 0 atom stereocenters. The summed E-state index contributed by atoms with van der Waals surface area (Å²) in [4.78, 5) is 24.0. The average molecular weight is 559 g/mol. The molecular formula is C27H34N4O7S. The maximum atomic E-state index is 13.5. The molecule has 39 heavy (non-hydrogen) atoms. The highest BCUT2D eigenvalue weighted by atomic mass is 32.2. The van der Waals surface area contributed by atoms with Crippen molar-refractivity contribution in [1.29, 1.82) is 0 Å². The molecule has 12 heteroatoms. The lowest BCUT2D eigenvalue weighted by molar-refractivity contribution is -0.116. The van der Waals surface area contributed by atoms with Crippen LogP contribution in [0.5, 0.6) is 17.4 Å². The number of carboxylic acids is 1. The first-order chi connectivity index (χ1) is 18.1. The molecule has 0 fully saturated rings. The molecule has 0 radical (unpaired) electrons. The van der Waals surface area contributed by atoms with Crippen molar-refractivity contribution in [2.24, 2.45) is 5.92 Å². The molecule has 3 rings (SSSR count). The summed E-state index contributed by atoms with van der Waals surface area (Å²) < 4.78 is 42.1. The monoisotopic (exact) mass is 558 g/mol. The fourth-order valence-electron chi connectivity index (χ4n) is 3.73. The summed E-state index contributed by atoms with van der Waals surface area (Å²) in [6.45, 7) is 10.4. The Morgan fingerprint density at radius 3 is 2.28 bits per heavy atom. The van der Waals surface area contributed by atoms with Crippen molar-refractivity contribution in [3.63, 3.8) is 0 Å². The smallest absolute Gasteiger partial charge is 0.356 e. The molecule has 1 aromatic heterocycles. The zero-order valence-electron chi connectivity index (χ0n) is 23.0. The molecule has 210 valence electrons. The number of hydrogen-bond acceptors (Lipinski definition) is 7. The van der Waals surface area contributed by atoms with E-state index >= 15 is 0 Å². The number of nitrogens with zero attached hydrogens (tertiary/aromatic N) is 2. The fraction of sp³-hybridized carbons (Fsp3) is 0.370. The molecule has 2 aromatic carbocycles. The van der Waals surface area contributed by atoms with Gasteiger partial charge in [-0.1, -0.05) is 13.8 Å². The van der Waals surface area contributed by atoms with Gasteiger partial charge >= 0.3 is 5.97 Å². The zero-order valence-corrected chi connectivity index (χ0v) is 23.8. The van der Waals surface area contributed by atoms with Crippen molar-refractivity contribution >= 4 is 27.6 Å². The van der Waals surface area contributed by atoms with Crippen LogP contribution in [0.4, 0.5) is 5.69 Å². The third-order valence-electron chi connectivity index (χ3n) is 5.35. The van der Waals surface area contributed by atoms with Crippen molar-refractivity contribution in [2.45, 2.75) is 58.4 Å². The molecule has 0 aliphatic rings. The number of carboxylic acid groups (broad SMARTS) is 1. The van der Waals surface area contributed by atoms with E-state index in [1.54, 1.807) is 45.0 Å². The first-order valence-corrected chi connectivity index (χ1v) is 13.7. The summed E-state index contributed by atoms with van der Waals surface area (Å²) in [5.74, 6) is -0.895. The van der Waals surface area contributed by atoms with E-state index in [0.717, 1.165) is 0 Å². The average Bonchev–Trinajstić information content (AvgIpc) is 3.14. The molecule has 1 amide bonds. The van der Waals surface area contributed by atoms with Crippen LogP contribution >= 0.6 is 0 Å². The van der Waals surface area contributed by atoms with Gasteiger partial charge in [0.2, 0.25) is 21.8 Å². The number of carbonyl (C=O) groups excluding carboxylic acids is 1. The van der Waals surface area contributed by atoms with E-state index in [2.05, 4.69) is 15.1 Å². The molecule has 0 bridgehead atoms. The van der Waals surface area contributed by atoms with E-state index in [1.165, 1.54) is 36.9 Å². The second kappa shape index (κ2) is 11.5. The molecule has 0 aliphatic heterocycles. The van der Waals surface area contributed by atoms with Gasteiger partial charge < -0.3 is 19.9 Å². The highest BCUT2D eigenvalue weighted by Gasteiger charge is 2.29. The number of benzene rings is 2. The highest BCUT2D eigenvalue weighted by Crippen LogP contribution is 2.36. The van der Waals surface area contributed by atoms with Crippen molar-refractivity contribution in [3.05, 3.63) is 53.7 Å². The van der Waals surface area contributed by atoms with Gasteiger partial charge in [-0.2, -0.15) is 9.78 Å². The van der Waals surface area contributed by atoms with E-state index in [4.69, 9.17) is 9.47 Å². The van der Waals surface area contributed by atoms with Crippen LogP contribution in [0, 0.1) is 12.8 Å². The fourth-order valence-corrected chi connectivity index (χ4v) is 5.30. The van der Waals surface area contributed by atoms with Gasteiger partial charge in [-0.15, -0.1) is 0 Å². The lowest BCUT2D eigenvalue weighted by Gasteiger charge is -2.22. The summed E-state index contributed by atoms with van der Waals surface area (Å²) in [6, 6.07) is 10.9. The van der Waals surface area contributed by atoms with E-state index < -0.39 is 21.5 Å². The summed E-state index contributed by atoms with van der Waals surface area (Å²) >= 11 is 0. The number of rotatable bonds is 10. The Morgan fingerprint density at radius 1 is 1.10 bits per heavy atom. The SMILES string of the molecule is COc1ccc(-n2nc(C(=O)O)c(C)c2Oc2ccc(NC(=O)CC(C)C)cc2S(=O)(=O)NC(C)(C)C)cc1. The molecule has 0 aliphatic carbocycles. The molecule has 0 saturated carbocycles. The zero-order chi connectivity index (χ0) is 29.1.